The molecule has 0 bridgehead atoms. The molecule has 0 spiro atoms. The van der Waals surface area contributed by atoms with Crippen molar-refractivity contribution >= 4 is 5.52 Å². The van der Waals surface area contributed by atoms with Crippen LogP contribution in [0.4, 0.5) is 4.39 Å². The number of rotatable bonds is 1. The predicted molar refractivity (Wildman–Crippen MR) is 47.8 cm³/mol. The van der Waals surface area contributed by atoms with Gasteiger partial charge >= 0.3 is 0 Å². The van der Waals surface area contributed by atoms with E-state index in [9.17, 15) is 4.39 Å². The van der Waals surface area contributed by atoms with Crippen molar-refractivity contribution in [2.24, 2.45) is 5.73 Å². The number of imidazole rings is 1. The van der Waals surface area contributed by atoms with Crippen molar-refractivity contribution in [2.75, 3.05) is 0 Å². The maximum atomic E-state index is 13.3. The zero-order valence-electron chi connectivity index (χ0n) is 7.29. The third-order valence-corrected chi connectivity index (χ3v) is 2.06. The molecule has 68 valence electrons. The second-order valence-electron chi connectivity index (χ2n) is 2.88. The third-order valence-electron chi connectivity index (χ3n) is 2.06. The Bertz CT molecular complexity index is 447. The van der Waals surface area contributed by atoms with Crippen molar-refractivity contribution in [3.8, 4) is 0 Å². The first kappa shape index (κ1) is 8.19. The molecule has 0 saturated heterocycles. The molecule has 0 atom stereocenters. The molecule has 2 aromatic heterocycles. The normalized spacial score (nSPS) is 11.0. The molecule has 0 unspecified atom stereocenters. The molecule has 0 radical (unpaired) electrons. The molecule has 0 aliphatic rings. The van der Waals surface area contributed by atoms with Crippen LogP contribution in [0, 0.1) is 12.7 Å². The lowest BCUT2D eigenvalue weighted by Crippen LogP contribution is -1.98. The van der Waals surface area contributed by atoms with E-state index in [1.54, 1.807) is 16.7 Å². The quantitative estimate of drug-likeness (QED) is 0.715. The van der Waals surface area contributed by atoms with Crippen molar-refractivity contribution < 1.29 is 4.39 Å². The number of aromatic nitrogens is 2. The van der Waals surface area contributed by atoms with E-state index >= 15 is 0 Å². The molecule has 0 aromatic carbocycles. The lowest BCUT2D eigenvalue weighted by molar-refractivity contribution is 0.631. The number of fused-ring (bicyclic) bond motifs is 1. The number of nitrogens with two attached hydrogens (primary N) is 1. The van der Waals surface area contributed by atoms with Gasteiger partial charge in [-0.25, -0.2) is 9.37 Å². The topological polar surface area (TPSA) is 43.3 Å². The van der Waals surface area contributed by atoms with Crippen LogP contribution >= 0.6 is 0 Å². The number of aryl methyl sites for hydroxylation is 1. The molecule has 13 heavy (non-hydrogen) atoms. The second kappa shape index (κ2) is 2.81. The fourth-order valence-corrected chi connectivity index (χ4v) is 1.47. The summed E-state index contributed by atoms with van der Waals surface area (Å²) in [5.41, 5.74) is 6.55. The Morgan fingerprint density at radius 2 is 2.38 bits per heavy atom. The molecule has 2 N–H and O–H groups in total. The van der Waals surface area contributed by atoms with Gasteiger partial charge in [-0.1, -0.05) is 0 Å². The van der Waals surface area contributed by atoms with E-state index in [0.29, 0.717) is 11.2 Å². The number of hydrogen-bond acceptors (Lipinski definition) is 2. The molecule has 2 rings (SSSR count). The van der Waals surface area contributed by atoms with Gasteiger partial charge in [0.05, 0.1) is 5.69 Å². The summed E-state index contributed by atoms with van der Waals surface area (Å²) in [6.07, 6.45) is 1.78. The van der Waals surface area contributed by atoms with Gasteiger partial charge in [0.2, 0.25) is 0 Å². The largest absolute Gasteiger partial charge is 0.325 e. The van der Waals surface area contributed by atoms with Crippen molar-refractivity contribution in [2.45, 2.75) is 13.5 Å². The zero-order chi connectivity index (χ0) is 9.42. The van der Waals surface area contributed by atoms with E-state index in [1.807, 2.05) is 6.92 Å². The van der Waals surface area contributed by atoms with Crippen LogP contribution in [-0.2, 0) is 6.54 Å². The molecule has 2 heterocycles. The molecular formula is C9H10FN3. The minimum atomic E-state index is -0.274. The molecule has 4 heteroatoms. The van der Waals surface area contributed by atoms with Gasteiger partial charge in [0.25, 0.3) is 0 Å². The van der Waals surface area contributed by atoms with Crippen LogP contribution < -0.4 is 5.73 Å². The van der Waals surface area contributed by atoms with Gasteiger partial charge in [0, 0.05) is 12.7 Å². The molecule has 0 saturated carbocycles. The number of hydrogen-bond donors (Lipinski definition) is 1. The molecule has 0 amide bonds. The highest BCUT2D eigenvalue weighted by Crippen LogP contribution is 2.15. The van der Waals surface area contributed by atoms with Crippen LogP contribution in [0.25, 0.3) is 5.52 Å². The first-order valence-corrected chi connectivity index (χ1v) is 4.06. The monoisotopic (exact) mass is 179 g/mol. The molecule has 3 nitrogen and oxygen atoms in total. The predicted octanol–water partition coefficient (Wildman–Crippen LogP) is 1.24. The Hall–Kier alpha value is -1.42. The summed E-state index contributed by atoms with van der Waals surface area (Å²) >= 11 is 0. The average molecular weight is 179 g/mol. The van der Waals surface area contributed by atoms with Crippen LogP contribution in [-0.4, -0.2) is 9.38 Å². The average Bonchev–Trinajstić information content (AvgIpc) is 2.45. The highest BCUT2D eigenvalue weighted by atomic mass is 19.1. The minimum Gasteiger partial charge on any atom is -0.325 e. The summed E-state index contributed by atoms with van der Waals surface area (Å²) in [6, 6.07) is 3.06. The van der Waals surface area contributed by atoms with E-state index < -0.39 is 0 Å². The first-order chi connectivity index (χ1) is 6.24. The number of pyridine rings is 1. The van der Waals surface area contributed by atoms with Gasteiger partial charge in [0.15, 0.2) is 0 Å². The van der Waals surface area contributed by atoms with Crippen molar-refractivity contribution in [3.63, 3.8) is 0 Å². The maximum Gasteiger partial charge on any atom is 0.149 e. The number of halogens is 1. The van der Waals surface area contributed by atoms with Crippen LogP contribution in [0.1, 0.15) is 11.5 Å². The number of nitrogens with zero attached hydrogens (tertiary/aromatic N) is 2. The van der Waals surface area contributed by atoms with E-state index in [1.165, 1.54) is 6.07 Å². The van der Waals surface area contributed by atoms with E-state index in [0.717, 1.165) is 5.82 Å². The SMILES string of the molecule is Cc1nc(CN)c2c(F)cccn12. The Kier molecular flexibility index (Phi) is 1.77. The van der Waals surface area contributed by atoms with E-state index in [4.69, 9.17) is 5.73 Å². The van der Waals surface area contributed by atoms with Gasteiger partial charge in [-0.3, -0.25) is 0 Å². The van der Waals surface area contributed by atoms with Gasteiger partial charge in [-0.15, -0.1) is 0 Å². The maximum absolute atomic E-state index is 13.3. The van der Waals surface area contributed by atoms with E-state index in [2.05, 4.69) is 4.98 Å². The minimum absolute atomic E-state index is 0.262. The van der Waals surface area contributed by atoms with Crippen molar-refractivity contribution in [1.29, 1.82) is 0 Å². The van der Waals surface area contributed by atoms with Crippen molar-refractivity contribution in [1.82, 2.24) is 9.38 Å². The summed E-state index contributed by atoms with van der Waals surface area (Å²) in [5.74, 6) is 0.485. The summed E-state index contributed by atoms with van der Waals surface area (Å²) in [6.45, 7) is 2.09. The van der Waals surface area contributed by atoms with Gasteiger partial charge in [-0.05, 0) is 19.1 Å². The third kappa shape index (κ3) is 1.10. The summed E-state index contributed by atoms with van der Waals surface area (Å²) < 4.78 is 15.0. The summed E-state index contributed by atoms with van der Waals surface area (Å²) in [4.78, 5) is 4.17. The van der Waals surface area contributed by atoms with Gasteiger partial charge in [-0.2, -0.15) is 0 Å². The highest BCUT2D eigenvalue weighted by molar-refractivity contribution is 5.54. The summed E-state index contributed by atoms with van der Waals surface area (Å²) in [5, 5.41) is 0. The van der Waals surface area contributed by atoms with Crippen molar-refractivity contribution in [3.05, 3.63) is 35.7 Å². The first-order valence-electron chi connectivity index (χ1n) is 4.06. The van der Waals surface area contributed by atoms with E-state index in [-0.39, 0.29) is 12.4 Å². The Morgan fingerprint density at radius 3 is 3.08 bits per heavy atom. The molecule has 2 aromatic rings. The standard InChI is InChI=1S/C9H10FN3/c1-6-12-8(5-11)9-7(10)3-2-4-13(6)9/h2-4H,5,11H2,1H3. The molecule has 0 aliphatic carbocycles. The Balaban J connectivity index is 2.89. The fraction of sp³-hybridized carbons (Fsp3) is 0.222. The Morgan fingerprint density at radius 1 is 1.62 bits per heavy atom. The molecule has 0 aliphatic heterocycles. The highest BCUT2D eigenvalue weighted by Gasteiger charge is 2.09. The Labute approximate surface area is 75.0 Å². The molecular weight excluding hydrogens is 169 g/mol. The van der Waals surface area contributed by atoms with Gasteiger partial charge < -0.3 is 10.1 Å². The second-order valence-corrected chi connectivity index (χ2v) is 2.88. The smallest absolute Gasteiger partial charge is 0.149 e. The fourth-order valence-electron chi connectivity index (χ4n) is 1.47. The van der Waals surface area contributed by atoms with Crippen LogP contribution in [0.5, 0.6) is 0 Å². The lowest BCUT2D eigenvalue weighted by atomic mass is 10.3. The summed E-state index contributed by atoms with van der Waals surface area (Å²) in [7, 11) is 0. The van der Waals surface area contributed by atoms with Crippen LogP contribution in [0.2, 0.25) is 0 Å². The van der Waals surface area contributed by atoms with Crippen LogP contribution in [0.3, 0.4) is 0 Å². The van der Waals surface area contributed by atoms with Gasteiger partial charge in [0.1, 0.15) is 17.2 Å². The van der Waals surface area contributed by atoms with Crippen LogP contribution in [0.15, 0.2) is 18.3 Å². The zero-order valence-corrected chi connectivity index (χ0v) is 7.29. The molecule has 0 fully saturated rings. The lowest BCUT2D eigenvalue weighted by Gasteiger charge is -1.97.